The van der Waals surface area contributed by atoms with Crippen molar-refractivity contribution in [3.63, 3.8) is 0 Å². The minimum Gasteiger partial charge on any atom is -0.465 e. The molecule has 4 rings (SSSR count). The second-order valence-corrected chi connectivity index (χ2v) is 7.01. The van der Waals surface area contributed by atoms with Crippen molar-refractivity contribution in [3.05, 3.63) is 70.9 Å². The van der Waals surface area contributed by atoms with Gasteiger partial charge in [0.1, 0.15) is 11.6 Å². The number of piperazine rings is 1. The maximum atomic E-state index is 14.3. The summed E-state index contributed by atoms with van der Waals surface area (Å²) in [6.45, 7) is 1.89. The number of pyridine rings is 2. The highest BCUT2D eigenvalue weighted by Gasteiger charge is 2.21. The molecule has 1 N–H and O–H groups in total. The maximum absolute atomic E-state index is 14.3. The topological polar surface area (TPSA) is 122 Å². The Morgan fingerprint density at radius 1 is 1.09 bits per heavy atom. The Labute approximate surface area is 181 Å². The summed E-state index contributed by atoms with van der Waals surface area (Å²) >= 11 is 0. The number of benzene rings is 1. The van der Waals surface area contributed by atoms with Crippen LogP contribution in [0.1, 0.15) is 0 Å². The zero-order chi connectivity index (χ0) is 22.7. The number of halogens is 1. The smallest absolute Gasteiger partial charge is 0.407 e. The molecule has 1 aromatic carbocycles. The van der Waals surface area contributed by atoms with Gasteiger partial charge in [0, 0.05) is 62.0 Å². The molecule has 164 valence electrons. The molecular formula is C21H18FN5O5. The van der Waals surface area contributed by atoms with Crippen molar-refractivity contribution in [2.45, 2.75) is 0 Å². The Hall–Kier alpha value is -4.28. The first-order valence-corrected chi connectivity index (χ1v) is 9.67. The van der Waals surface area contributed by atoms with E-state index in [1.54, 1.807) is 18.5 Å². The molecule has 3 aromatic rings. The van der Waals surface area contributed by atoms with Crippen LogP contribution in [0.5, 0.6) is 11.5 Å². The van der Waals surface area contributed by atoms with Crippen LogP contribution in [0.3, 0.4) is 0 Å². The van der Waals surface area contributed by atoms with E-state index >= 15 is 0 Å². The van der Waals surface area contributed by atoms with E-state index in [1.807, 2.05) is 17.0 Å². The predicted molar refractivity (Wildman–Crippen MR) is 112 cm³/mol. The van der Waals surface area contributed by atoms with Crippen LogP contribution >= 0.6 is 0 Å². The van der Waals surface area contributed by atoms with Gasteiger partial charge in [-0.05, 0) is 24.3 Å². The number of carboxylic acid groups (broad SMARTS) is 1. The molecule has 11 heteroatoms. The van der Waals surface area contributed by atoms with Crippen molar-refractivity contribution in [3.8, 4) is 22.6 Å². The summed E-state index contributed by atoms with van der Waals surface area (Å²) < 4.78 is 19.9. The van der Waals surface area contributed by atoms with E-state index in [9.17, 15) is 19.3 Å². The van der Waals surface area contributed by atoms with Crippen LogP contribution in [0.4, 0.5) is 20.7 Å². The molecule has 10 nitrogen and oxygen atoms in total. The van der Waals surface area contributed by atoms with Gasteiger partial charge in [-0.1, -0.05) is 0 Å². The largest absolute Gasteiger partial charge is 0.465 e. The van der Waals surface area contributed by atoms with E-state index in [0.29, 0.717) is 48.9 Å². The van der Waals surface area contributed by atoms with E-state index in [-0.39, 0.29) is 11.4 Å². The number of non-ortho nitro benzene ring substituents is 1. The number of amides is 1. The molecule has 0 bridgehead atoms. The van der Waals surface area contributed by atoms with E-state index < -0.39 is 16.8 Å². The first-order valence-electron chi connectivity index (χ1n) is 9.67. The van der Waals surface area contributed by atoms with Crippen LogP contribution < -0.4 is 9.64 Å². The van der Waals surface area contributed by atoms with Gasteiger partial charge in [0.05, 0.1) is 11.0 Å². The quantitative estimate of drug-likeness (QED) is 0.471. The van der Waals surface area contributed by atoms with Gasteiger partial charge in [0.15, 0.2) is 11.6 Å². The molecule has 3 heterocycles. The first-order chi connectivity index (χ1) is 15.4. The summed E-state index contributed by atoms with van der Waals surface area (Å²) in [5.41, 5.74) is 0.886. The molecule has 1 saturated heterocycles. The Morgan fingerprint density at radius 3 is 2.50 bits per heavy atom. The third-order valence-electron chi connectivity index (χ3n) is 5.06. The Morgan fingerprint density at radius 2 is 1.88 bits per heavy atom. The highest BCUT2D eigenvalue weighted by molar-refractivity contribution is 5.70. The molecule has 2 aromatic heterocycles. The SMILES string of the molecule is O=C(O)N1CCN(c2ccc(-c3cnccc3Oc3ccc([N+](=O)[O-])cc3F)cn2)CC1. The van der Waals surface area contributed by atoms with E-state index in [1.165, 1.54) is 23.2 Å². The van der Waals surface area contributed by atoms with Crippen molar-refractivity contribution in [2.75, 3.05) is 31.1 Å². The predicted octanol–water partition coefficient (Wildman–Crippen LogP) is 3.78. The molecule has 0 atom stereocenters. The van der Waals surface area contributed by atoms with Gasteiger partial charge in [-0.15, -0.1) is 0 Å². The van der Waals surface area contributed by atoms with Crippen molar-refractivity contribution in [1.29, 1.82) is 0 Å². The van der Waals surface area contributed by atoms with Crippen LogP contribution in [0.25, 0.3) is 11.1 Å². The molecule has 0 aliphatic carbocycles. The average Bonchev–Trinajstić information content (AvgIpc) is 2.81. The minimum absolute atomic E-state index is 0.149. The van der Waals surface area contributed by atoms with Gasteiger partial charge >= 0.3 is 6.09 Å². The molecule has 0 radical (unpaired) electrons. The van der Waals surface area contributed by atoms with Gasteiger partial charge in [-0.2, -0.15) is 0 Å². The molecule has 1 fully saturated rings. The number of nitrogens with zero attached hydrogens (tertiary/aromatic N) is 5. The summed E-state index contributed by atoms with van der Waals surface area (Å²) in [6, 6.07) is 8.37. The third-order valence-corrected chi connectivity index (χ3v) is 5.06. The van der Waals surface area contributed by atoms with Gasteiger partial charge in [-0.25, -0.2) is 14.2 Å². The number of hydrogen-bond donors (Lipinski definition) is 1. The van der Waals surface area contributed by atoms with Crippen molar-refractivity contribution in [2.24, 2.45) is 0 Å². The summed E-state index contributed by atoms with van der Waals surface area (Å²) in [7, 11) is 0. The van der Waals surface area contributed by atoms with Crippen LogP contribution in [0, 0.1) is 15.9 Å². The third kappa shape index (κ3) is 4.41. The number of aromatic nitrogens is 2. The Kier molecular flexibility index (Phi) is 5.79. The molecule has 1 amide bonds. The molecule has 0 saturated carbocycles. The zero-order valence-corrected chi connectivity index (χ0v) is 16.7. The molecule has 0 spiro atoms. The van der Waals surface area contributed by atoms with Gasteiger partial charge in [0.2, 0.25) is 0 Å². The molecular weight excluding hydrogens is 421 g/mol. The van der Waals surface area contributed by atoms with Crippen molar-refractivity contribution >= 4 is 17.6 Å². The van der Waals surface area contributed by atoms with Crippen LogP contribution in [0.2, 0.25) is 0 Å². The lowest BCUT2D eigenvalue weighted by Gasteiger charge is -2.33. The lowest BCUT2D eigenvalue weighted by atomic mass is 10.1. The number of anilines is 1. The standard InChI is InChI=1S/C21H18FN5O5/c22-17-11-15(27(30)31)2-3-19(17)32-18-5-6-23-13-16(18)14-1-4-20(24-12-14)25-7-9-26(10-8-25)21(28)29/h1-6,11-13H,7-10H2,(H,28,29). The lowest BCUT2D eigenvalue weighted by Crippen LogP contribution is -2.48. The molecule has 1 aliphatic heterocycles. The fourth-order valence-corrected chi connectivity index (χ4v) is 3.35. The van der Waals surface area contributed by atoms with E-state index in [0.717, 1.165) is 6.07 Å². The Bertz CT molecular complexity index is 1150. The molecule has 32 heavy (non-hydrogen) atoms. The van der Waals surface area contributed by atoms with E-state index in [2.05, 4.69) is 9.97 Å². The highest BCUT2D eigenvalue weighted by atomic mass is 19.1. The van der Waals surface area contributed by atoms with E-state index in [4.69, 9.17) is 9.84 Å². The number of ether oxygens (including phenoxy) is 1. The van der Waals surface area contributed by atoms with Crippen molar-refractivity contribution in [1.82, 2.24) is 14.9 Å². The number of nitro groups is 1. The number of carbonyl (C=O) groups is 1. The average molecular weight is 439 g/mol. The fourth-order valence-electron chi connectivity index (χ4n) is 3.35. The summed E-state index contributed by atoms with van der Waals surface area (Å²) in [5.74, 6) is 0.0313. The normalized spacial score (nSPS) is 13.7. The maximum Gasteiger partial charge on any atom is 0.407 e. The lowest BCUT2D eigenvalue weighted by molar-refractivity contribution is -0.385. The highest BCUT2D eigenvalue weighted by Crippen LogP contribution is 2.34. The fraction of sp³-hybridized carbons (Fsp3) is 0.190. The first kappa shape index (κ1) is 21.0. The van der Waals surface area contributed by atoms with Crippen LogP contribution in [-0.2, 0) is 0 Å². The summed E-state index contributed by atoms with van der Waals surface area (Å²) in [6.07, 6.45) is 3.75. The molecule has 1 aliphatic rings. The van der Waals surface area contributed by atoms with Gasteiger partial charge in [0.25, 0.3) is 5.69 Å². The Balaban J connectivity index is 1.53. The number of rotatable bonds is 5. The zero-order valence-electron chi connectivity index (χ0n) is 16.7. The number of hydrogen-bond acceptors (Lipinski definition) is 7. The van der Waals surface area contributed by atoms with Crippen molar-refractivity contribution < 1.29 is 24.0 Å². The monoisotopic (exact) mass is 439 g/mol. The van der Waals surface area contributed by atoms with Crippen LogP contribution in [0.15, 0.2) is 55.0 Å². The summed E-state index contributed by atoms with van der Waals surface area (Å²) in [4.78, 5) is 33.1. The summed E-state index contributed by atoms with van der Waals surface area (Å²) in [5, 5.41) is 19.9. The number of nitro benzene ring substituents is 1. The van der Waals surface area contributed by atoms with Gasteiger partial charge < -0.3 is 19.6 Å². The van der Waals surface area contributed by atoms with Gasteiger partial charge in [-0.3, -0.25) is 15.1 Å². The minimum atomic E-state index is -0.929. The second-order valence-electron chi connectivity index (χ2n) is 7.01. The van der Waals surface area contributed by atoms with Crippen LogP contribution in [-0.4, -0.2) is 57.2 Å². The second kappa shape index (κ2) is 8.84. The molecule has 0 unspecified atom stereocenters.